The fraction of sp³-hybridized carbons (Fsp3) is 0.143. The molecule has 7 heteroatoms. The number of benzene rings is 1. The maximum absolute atomic E-state index is 12.0. The van der Waals surface area contributed by atoms with Crippen molar-refractivity contribution in [2.45, 2.75) is 6.42 Å². The van der Waals surface area contributed by atoms with Gasteiger partial charge in [0.2, 0.25) is 0 Å². The van der Waals surface area contributed by atoms with Crippen molar-refractivity contribution in [1.29, 1.82) is 0 Å². The van der Waals surface area contributed by atoms with Crippen LogP contribution in [0.25, 0.3) is 0 Å². The van der Waals surface area contributed by atoms with Crippen LogP contribution in [0, 0.1) is 0 Å². The highest BCUT2D eigenvalue weighted by atomic mass is 35.5. The molecule has 0 spiro atoms. The van der Waals surface area contributed by atoms with Crippen molar-refractivity contribution in [2.24, 2.45) is 0 Å². The lowest BCUT2D eigenvalue weighted by molar-refractivity contribution is 0.0954. The zero-order valence-corrected chi connectivity index (χ0v) is 13.1. The van der Waals surface area contributed by atoms with Gasteiger partial charge in [-0.3, -0.25) is 4.79 Å². The van der Waals surface area contributed by atoms with Gasteiger partial charge in [-0.2, -0.15) is 0 Å². The fourth-order valence-electron chi connectivity index (χ4n) is 1.79. The molecule has 0 fully saturated rings. The lowest BCUT2D eigenvalue weighted by Crippen LogP contribution is -2.26. The Bertz CT molecular complexity index is 656. The van der Waals surface area contributed by atoms with Crippen molar-refractivity contribution >= 4 is 46.5 Å². The number of pyridine rings is 1. The summed E-state index contributed by atoms with van der Waals surface area (Å²) in [4.78, 5) is 15.8. The first-order valence-electron chi connectivity index (χ1n) is 6.11. The molecular weight excluding hydrogens is 333 g/mol. The number of carbonyl (C=O) groups excluding carboxylic acids is 1. The van der Waals surface area contributed by atoms with Gasteiger partial charge >= 0.3 is 0 Å². The van der Waals surface area contributed by atoms with E-state index in [1.165, 1.54) is 12.1 Å². The minimum absolute atomic E-state index is 0.181. The average molecular weight is 345 g/mol. The second-order valence-corrected chi connectivity index (χ2v) is 5.58. The van der Waals surface area contributed by atoms with E-state index >= 15 is 0 Å². The summed E-state index contributed by atoms with van der Waals surface area (Å²) < 4.78 is 0. The minimum atomic E-state index is -0.268. The summed E-state index contributed by atoms with van der Waals surface area (Å²) >= 11 is 17.6. The lowest BCUT2D eigenvalue weighted by atomic mass is 10.1. The van der Waals surface area contributed by atoms with Gasteiger partial charge in [0.05, 0.1) is 0 Å². The van der Waals surface area contributed by atoms with Gasteiger partial charge in [-0.25, -0.2) is 4.98 Å². The molecule has 0 radical (unpaired) electrons. The molecule has 1 heterocycles. The molecule has 0 bridgehead atoms. The summed E-state index contributed by atoms with van der Waals surface area (Å²) in [7, 11) is 0. The first kappa shape index (κ1) is 15.9. The Balaban J connectivity index is 1.95. The van der Waals surface area contributed by atoms with Gasteiger partial charge in [-0.1, -0.05) is 40.9 Å². The van der Waals surface area contributed by atoms with Gasteiger partial charge in [0, 0.05) is 22.2 Å². The molecule has 1 amide bonds. The van der Waals surface area contributed by atoms with E-state index in [9.17, 15) is 4.79 Å². The molecule has 0 atom stereocenters. The van der Waals surface area contributed by atoms with Crippen LogP contribution in [0.1, 0.15) is 15.9 Å². The summed E-state index contributed by atoms with van der Waals surface area (Å²) in [6.07, 6.45) is 0.593. The zero-order chi connectivity index (χ0) is 15.4. The Hall–Kier alpha value is -1.49. The molecule has 1 aromatic carbocycles. The molecule has 110 valence electrons. The van der Waals surface area contributed by atoms with Gasteiger partial charge in [0.25, 0.3) is 5.91 Å². The number of rotatable bonds is 4. The van der Waals surface area contributed by atoms with E-state index in [4.69, 9.17) is 40.5 Å². The zero-order valence-electron chi connectivity index (χ0n) is 10.9. The van der Waals surface area contributed by atoms with Crippen LogP contribution in [0.15, 0.2) is 30.3 Å². The largest absolute Gasteiger partial charge is 0.384 e. The van der Waals surface area contributed by atoms with Crippen LogP contribution < -0.4 is 11.1 Å². The van der Waals surface area contributed by atoms with Crippen molar-refractivity contribution in [3.8, 4) is 0 Å². The van der Waals surface area contributed by atoms with Gasteiger partial charge in [-0.15, -0.1) is 0 Å². The monoisotopic (exact) mass is 343 g/mol. The first-order chi connectivity index (χ1) is 9.95. The van der Waals surface area contributed by atoms with E-state index in [-0.39, 0.29) is 16.9 Å². The average Bonchev–Trinajstić information content (AvgIpc) is 2.40. The molecular formula is C14H12Cl3N3O. The Kier molecular flexibility index (Phi) is 5.28. The quantitative estimate of drug-likeness (QED) is 0.833. The van der Waals surface area contributed by atoms with Crippen LogP contribution in [0.3, 0.4) is 0 Å². The van der Waals surface area contributed by atoms with E-state index in [1.54, 1.807) is 12.1 Å². The number of halogens is 3. The van der Waals surface area contributed by atoms with E-state index in [0.717, 1.165) is 5.56 Å². The molecule has 3 N–H and O–H groups in total. The summed E-state index contributed by atoms with van der Waals surface area (Å²) in [5.41, 5.74) is 6.83. The van der Waals surface area contributed by atoms with E-state index in [2.05, 4.69) is 10.3 Å². The third-order valence-corrected chi connectivity index (χ3v) is 3.55. The Morgan fingerprint density at radius 1 is 1.19 bits per heavy atom. The normalized spacial score (nSPS) is 10.4. The number of nitrogens with zero attached hydrogens (tertiary/aromatic N) is 1. The number of hydrogen-bond acceptors (Lipinski definition) is 3. The standard InChI is InChI=1S/C14H12Cl3N3O/c15-10-2-1-8(11(16)7-10)3-4-19-14(21)9-5-12(17)20-13(18)6-9/h1-2,5-7H,3-4H2,(H2,18,20)(H,19,21). The second-order valence-electron chi connectivity index (χ2n) is 4.35. The SMILES string of the molecule is Nc1cc(C(=O)NCCc2ccc(Cl)cc2Cl)cc(Cl)n1. The number of nitrogens with one attached hydrogen (secondary N) is 1. The third kappa shape index (κ3) is 4.49. The molecule has 0 saturated carbocycles. The molecule has 1 aromatic heterocycles. The Morgan fingerprint density at radius 3 is 2.62 bits per heavy atom. The van der Waals surface area contributed by atoms with Gasteiger partial charge in [0.15, 0.2) is 0 Å². The van der Waals surface area contributed by atoms with Gasteiger partial charge in [0.1, 0.15) is 11.0 Å². The van der Waals surface area contributed by atoms with E-state index in [1.807, 2.05) is 6.07 Å². The minimum Gasteiger partial charge on any atom is -0.384 e. The van der Waals surface area contributed by atoms with Crippen LogP contribution >= 0.6 is 34.8 Å². The van der Waals surface area contributed by atoms with E-state index in [0.29, 0.717) is 28.6 Å². The van der Waals surface area contributed by atoms with Crippen molar-refractivity contribution in [1.82, 2.24) is 10.3 Å². The van der Waals surface area contributed by atoms with Crippen molar-refractivity contribution in [3.63, 3.8) is 0 Å². The summed E-state index contributed by atoms with van der Waals surface area (Å²) in [6, 6.07) is 8.19. The molecule has 2 aromatic rings. The van der Waals surface area contributed by atoms with Gasteiger partial charge < -0.3 is 11.1 Å². The molecule has 0 saturated heterocycles. The number of amides is 1. The number of aromatic nitrogens is 1. The van der Waals surface area contributed by atoms with E-state index < -0.39 is 0 Å². The van der Waals surface area contributed by atoms with Crippen LogP contribution in [-0.4, -0.2) is 17.4 Å². The maximum atomic E-state index is 12.0. The van der Waals surface area contributed by atoms with Gasteiger partial charge in [-0.05, 0) is 36.2 Å². The smallest absolute Gasteiger partial charge is 0.251 e. The van der Waals surface area contributed by atoms with Crippen LogP contribution in [0.2, 0.25) is 15.2 Å². The Labute approximate surface area is 137 Å². The molecule has 0 aliphatic carbocycles. The summed E-state index contributed by atoms with van der Waals surface area (Å²) in [5, 5.41) is 4.11. The molecule has 4 nitrogen and oxygen atoms in total. The molecule has 0 unspecified atom stereocenters. The molecule has 21 heavy (non-hydrogen) atoms. The number of nitrogens with two attached hydrogens (primary N) is 1. The fourth-order valence-corrected chi connectivity index (χ4v) is 2.50. The molecule has 0 aliphatic heterocycles. The van der Waals surface area contributed by atoms with Crippen LogP contribution in [0.4, 0.5) is 5.82 Å². The highest BCUT2D eigenvalue weighted by Gasteiger charge is 2.08. The summed E-state index contributed by atoms with van der Waals surface area (Å²) in [5.74, 6) is -0.0653. The first-order valence-corrected chi connectivity index (χ1v) is 7.24. The highest BCUT2D eigenvalue weighted by molar-refractivity contribution is 6.35. The predicted molar refractivity (Wildman–Crippen MR) is 86.2 cm³/mol. The topological polar surface area (TPSA) is 68.0 Å². The number of hydrogen-bond donors (Lipinski definition) is 2. The number of anilines is 1. The predicted octanol–water partition coefficient (Wildman–Crippen LogP) is 3.60. The Morgan fingerprint density at radius 2 is 1.95 bits per heavy atom. The van der Waals surface area contributed by atoms with Crippen molar-refractivity contribution < 1.29 is 4.79 Å². The lowest BCUT2D eigenvalue weighted by Gasteiger charge is -2.08. The second kappa shape index (κ2) is 6.98. The molecule has 2 rings (SSSR count). The van der Waals surface area contributed by atoms with Crippen molar-refractivity contribution in [3.05, 3.63) is 56.7 Å². The maximum Gasteiger partial charge on any atom is 0.251 e. The number of nitrogen functional groups attached to an aromatic ring is 1. The third-order valence-electron chi connectivity index (χ3n) is 2.77. The van der Waals surface area contributed by atoms with Crippen LogP contribution in [-0.2, 0) is 6.42 Å². The molecule has 0 aliphatic rings. The number of carbonyl (C=O) groups is 1. The van der Waals surface area contributed by atoms with Crippen LogP contribution in [0.5, 0.6) is 0 Å². The summed E-state index contributed by atoms with van der Waals surface area (Å²) in [6.45, 7) is 0.431. The highest BCUT2D eigenvalue weighted by Crippen LogP contribution is 2.21. The van der Waals surface area contributed by atoms with Crippen molar-refractivity contribution in [2.75, 3.05) is 12.3 Å².